The summed E-state index contributed by atoms with van der Waals surface area (Å²) in [5.41, 5.74) is 0.876. The molecule has 0 bridgehead atoms. The van der Waals surface area contributed by atoms with E-state index in [0.29, 0.717) is 15.0 Å². The number of hydrogen-bond acceptors (Lipinski definition) is 5. The maximum absolute atomic E-state index is 12.8. The highest BCUT2D eigenvalue weighted by atomic mass is 35.5. The van der Waals surface area contributed by atoms with E-state index in [1.807, 2.05) is 43.1 Å². The maximum atomic E-state index is 12.8. The highest BCUT2D eigenvalue weighted by molar-refractivity contribution is 8.02. The average molecular weight is 428 g/mol. The van der Waals surface area contributed by atoms with Crippen LogP contribution in [0.5, 0.6) is 0 Å². The van der Waals surface area contributed by atoms with Crippen molar-refractivity contribution in [3.05, 3.63) is 33.2 Å². The van der Waals surface area contributed by atoms with E-state index in [1.54, 1.807) is 4.68 Å². The zero-order chi connectivity index (χ0) is 18.7. The molecule has 8 heteroatoms. The predicted octanol–water partition coefficient (Wildman–Crippen LogP) is 5.59. The van der Waals surface area contributed by atoms with Crippen LogP contribution in [0.25, 0.3) is 5.69 Å². The Labute approximate surface area is 172 Å². The summed E-state index contributed by atoms with van der Waals surface area (Å²) in [7, 11) is 1.93. The second-order valence-corrected chi connectivity index (χ2v) is 10.2. The summed E-state index contributed by atoms with van der Waals surface area (Å²) in [5.74, 6) is 0.168. The van der Waals surface area contributed by atoms with Crippen LogP contribution in [0.4, 0.5) is 0 Å². The van der Waals surface area contributed by atoms with E-state index < -0.39 is 0 Å². The Morgan fingerprint density at radius 3 is 2.65 bits per heavy atom. The van der Waals surface area contributed by atoms with Gasteiger partial charge >= 0.3 is 0 Å². The lowest BCUT2D eigenvalue weighted by molar-refractivity contribution is -0.131. The molecule has 0 radical (unpaired) electrons. The van der Waals surface area contributed by atoms with E-state index in [9.17, 15) is 4.79 Å². The van der Waals surface area contributed by atoms with Gasteiger partial charge in [0.1, 0.15) is 0 Å². The molecule has 1 atom stereocenters. The first-order chi connectivity index (χ1) is 12.5. The molecule has 1 aromatic heterocycles. The molecular weight excluding hydrogens is 406 g/mol. The Morgan fingerprint density at radius 1 is 1.35 bits per heavy atom. The van der Waals surface area contributed by atoms with Crippen LogP contribution in [-0.2, 0) is 4.79 Å². The van der Waals surface area contributed by atoms with Gasteiger partial charge in [0.15, 0.2) is 8.29 Å². The summed E-state index contributed by atoms with van der Waals surface area (Å²) in [6, 6.07) is 7.78. The Morgan fingerprint density at radius 2 is 2.00 bits per heavy atom. The Kier molecular flexibility index (Phi) is 6.77. The van der Waals surface area contributed by atoms with E-state index in [4.69, 9.17) is 23.8 Å². The average Bonchev–Trinajstić information content (AvgIpc) is 3.02. The standard InChI is InChI=1S/C18H22ClN3OS3/c1-12(16(23)21(2)14-6-4-3-5-7-14)25-17-20-22(18(24)26-17)15-10-8-13(19)9-11-15/h8-12,14H,3-7H2,1-2H3. The van der Waals surface area contributed by atoms with E-state index in [2.05, 4.69) is 5.10 Å². The molecule has 1 aliphatic rings. The summed E-state index contributed by atoms with van der Waals surface area (Å²) in [6.45, 7) is 1.95. The third kappa shape index (κ3) is 4.68. The molecule has 1 aliphatic carbocycles. The lowest BCUT2D eigenvalue weighted by atomic mass is 9.94. The first-order valence-electron chi connectivity index (χ1n) is 8.75. The molecule has 1 saturated carbocycles. The van der Waals surface area contributed by atoms with Crippen molar-refractivity contribution in [3.63, 3.8) is 0 Å². The van der Waals surface area contributed by atoms with Crippen molar-refractivity contribution in [2.24, 2.45) is 0 Å². The smallest absolute Gasteiger partial charge is 0.235 e. The summed E-state index contributed by atoms with van der Waals surface area (Å²) in [5, 5.41) is 5.08. The quantitative estimate of drug-likeness (QED) is 0.460. The van der Waals surface area contributed by atoms with Gasteiger partial charge in [-0.1, -0.05) is 54.0 Å². The normalized spacial score (nSPS) is 16.4. The fourth-order valence-electron chi connectivity index (χ4n) is 3.19. The minimum absolute atomic E-state index is 0.168. The van der Waals surface area contributed by atoms with Gasteiger partial charge in [-0.2, -0.15) is 0 Å². The first kappa shape index (κ1) is 19.9. The van der Waals surface area contributed by atoms with Crippen molar-refractivity contribution < 1.29 is 4.79 Å². The number of halogens is 1. The number of nitrogens with zero attached hydrogens (tertiary/aromatic N) is 3. The number of carbonyl (C=O) groups is 1. The number of benzene rings is 1. The van der Waals surface area contributed by atoms with Crippen LogP contribution in [-0.4, -0.2) is 38.9 Å². The molecule has 0 saturated heterocycles. The van der Waals surface area contributed by atoms with Gasteiger partial charge in [0.2, 0.25) is 5.91 Å². The van der Waals surface area contributed by atoms with Crippen molar-refractivity contribution in [2.45, 2.75) is 54.7 Å². The zero-order valence-corrected chi connectivity index (χ0v) is 18.1. The fourth-order valence-corrected chi connectivity index (χ4v) is 5.92. The maximum Gasteiger partial charge on any atom is 0.235 e. The lowest BCUT2D eigenvalue weighted by Gasteiger charge is -2.32. The summed E-state index contributed by atoms with van der Waals surface area (Å²) in [4.78, 5) is 14.7. The van der Waals surface area contributed by atoms with E-state index in [1.165, 1.54) is 42.4 Å². The number of thioether (sulfide) groups is 1. The van der Waals surface area contributed by atoms with Gasteiger partial charge in [-0.05, 0) is 56.2 Å². The minimum atomic E-state index is -0.179. The van der Waals surface area contributed by atoms with E-state index in [-0.39, 0.29) is 11.2 Å². The summed E-state index contributed by atoms with van der Waals surface area (Å²) in [6.07, 6.45) is 5.95. The molecule has 1 fully saturated rings. The Hall–Kier alpha value is -0.890. The fraction of sp³-hybridized carbons (Fsp3) is 0.500. The van der Waals surface area contributed by atoms with Crippen molar-refractivity contribution in [2.75, 3.05) is 7.05 Å². The molecule has 26 heavy (non-hydrogen) atoms. The largest absolute Gasteiger partial charge is 0.342 e. The van der Waals surface area contributed by atoms with Crippen LogP contribution in [0, 0.1) is 3.95 Å². The monoisotopic (exact) mass is 427 g/mol. The molecule has 1 amide bonds. The molecule has 1 unspecified atom stereocenters. The van der Waals surface area contributed by atoms with Gasteiger partial charge in [-0.3, -0.25) is 4.79 Å². The van der Waals surface area contributed by atoms with Gasteiger partial charge in [0.05, 0.1) is 10.9 Å². The number of hydrogen-bond donors (Lipinski definition) is 0. The second-order valence-electron chi connectivity index (χ2n) is 6.52. The SMILES string of the molecule is CC(Sc1nn(-c2ccc(Cl)cc2)c(=S)s1)C(=O)N(C)C1CCCCC1. The Bertz CT molecular complexity index is 812. The molecule has 0 N–H and O–H groups in total. The topological polar surface area (TPSA) is 38.1 Å². The molecule has 1 heterocycles. The molecular formula is C18H22ClN3OS3. The van der Waals surface area contributed by atoms with Crippen LogP contribution in [0.2, 0.25) is 5.02 Å². The van der Waals surface area contributed by atoms with Crippen LogP contribution >= 0.6 is 46.9 Å². The van der Waals surface area contributed by atoms with Crippen LogP contribution in [0.3, 0.4) is 0 Å². The van der Waals surface area contributed by atoms with Crippen molar-refractivity contribution >= 4 is 52.8 Å². The van der Waals surface area contributed by atoms with Gasteiger partial charge < -0.3 is 4.90 Å². The highest BCUT2D eigenvalue weighted by Crippen LogP contribution is 2.30. The number of amides is 1. The second kappa shape index (κ2) is 8.87. The van der Waals surface area contributed by atoms with Gasteiger partial charge in [-0.25, -0.2) is 4.68 Å². The molecule has 3 rings (SSSR count). The summed E-state index contributed by atoms with van der Waals surface area (Å²) >= 11 is 14.3. The third-order valence-electron chi connectivity index (χ3n) is 4.70. The molecule has 0 aliphatic heterocycles. The van der Waals surface area contributed by atoms with Crippen LogP contribution in [0.1, 0.15) is 39.0 Å². The van der Waals surface area contributed by atoms with Gasteiger partial charge in [-0.15, -0.1) is 5.10 Å². The van der Waals surface area contributed by atoms with Gasteiger partial charge in [0, 0.05) is 18.1 Å². The number of carbonyl (C=O) groups excluding carboxylic acids is 1. The molecule has 2 aromatic rings. The third-order valence-corrected chi connectivity index (χ3v) is 7.35. The molecule has 4 nitrogen and oxygen atoms in total. The van der Waals surface area contributed by atoms with Crippen molar-refractivity contribution in [1.82, 2.24) is 14.7 Å². The first-order valence-corrected chi connectivity index (χ1v) is 11.2. The number of aromatic nitrogens is 2. The molecule has 0 spiro atoms. The minimum Gasteiger partial charge on any atom is -0.342 e. The van der Waals surface area contributed by atoms with Gasteiger partial charge in [0.25, 0.3) is 0 Å². The van der Waals surface area contributed by atoms with Crippen molar-refractivity contribution in [1.29, 1.82) is 0 Å². The van der Waals surface area contributed by atoms with E-state index >= 15 is 0 Å². The Balaban J connectivity index is 1.68. The van der Waals surface area contributed by atoms with E-state index in [0.717, 1.165) is 22.9 Å². The molecule has 1 aromatic carbocycles. The lowest BCUT2D eigenvalue weighted by Crippen LogP contribution is -2.42. The summed E-state index contributed by atoms with van der Waals surface area (Å²) < 4.78 is 3.19. The predicted molar refractivity (Wildman–Crippen MR) is 112 cm³/mol. The van der Waals surface area contributed by atoms with Crippen LogP contribution in [0.15, 0.2) is 28.6 Å². The highest BCUT2D eigenvalue weighted by Gasteiger charge is 2.27. The van der Waals surface area contributed by atoms with Crippen LogP contribution < -0.4 is 0 Å². The number of rotatable bonds is 5. The van der Waals surface area contributed by atoms with Crippen molar-refractivity contribution in [3.8, 4) is 5.69 Å². The molecule has 140 valence electrons. The zero-order valence-electron chi connectivity index (χ0n) is 14.9.